The molecule has 50 valence electrons. The van der Waals surface area contributed by atoms with Crippen LogP contribution in [0.5, 0.6) is 0 Å². The molecule has 0 aliphatic carbocycles. The molecule has 2 heteroatoms. The molecule has 0 saturated heterocycles. The second-order valence-corrected chi connectivity index (χ2v) is 2.36. The van der Waals surface area contributed by atoms with Crippen molar-refractivity contribution in [2.45, 2.75) is 19.8 Å². The normalized spacial score (nSPS) is 10.5. The maximum atomic E-state index is 4.11. The van der Waals surface area contributed by atoms with Gasteiger partial charge < -0.3 is 0 Å². The van der Waals surface area contributed by atoms with Crippen molar-refractivity contribution in [2.24, 2.45) is 0 Å². The standard InChI is InChI=1S/C6H15NS/c1-3-4-5-7(2)6-8/h8H,3-6H2,1-2H3. The molecule has 0 unspecified atom stereocenters. The molecule has 0 bridgehead atoms. The Bertz CT molecular complexity index is 47.8. The van der Waals surface area contributed by atoms with Gasteiger partial charge in [-0.05, 0) is 20.0 Å². The van der Waals surface area contributed by atoms with Gasteiger partial charge in [-0.1, -0.05) is 13.3 Å². The summed E-state index contributed by atoms with van der Waals surface area (Å²) in [6, 6.07) is 0. The Hall–Kier alpha value is 0.310. The molecule has 0 aromatic carbocycles. The minimum absolute atomic E-state index is 0.875. The van der Waals surface area contributed by atoms with E-state index in [9.17, 15) is 0 Å². The van der Waals surface area contributed by atoms with Crippen LogP contribution in [0.15, 0.2) is 0 Å². The van der Waals surface area contributed by atoms with Crippen LogP contribution in [0.3, 0.4) is 0 Å². The summed E-state index contributed by atoms with van der Waals surface area (Å²) in [6.45, 7) is 3.38. The van der Waals surface area contributed by atoms with E-state index in [1.165, 1.54) is 19.4 Å². The van der Waals surface area contributed by atoms with Gasteiger partial charge in [0.05, 0.1) is 0 Å². The van der Waals surface area contributed by atoms with E-state index in [-0.39, 0.29) is 0 Å². The van der Waals surface area contributed by atoms with E-state index in [0.29, 0.717) is 0 Å². The van der Waals surface area contributed by atoms with Gasteiger partial charge in [-0.25, -0.2) is 0 Å². The molecule has 0 rings (SSSR count). The smallest absolute Gasteiger partial charge is 0.0411 e. The van der Waals surface area contributed by atoms with Gasteiger partial charge in [0.1, 0.15) is 0 Å². The predicted molar refractivity (Wildman–Crippen MR) is 41.4 cm³/mol. The first-order valence-corrected chi connectivity index (χ1v) is 3.74. The largest absolute Gasteiger partial charge is 0.297 e. The van der Waals surface area contributed by atoms with Crippen LogP contribution in [0, 0.1) is 0 Å². The molecule has 0 aliphatic rings. The van der Waals surface area contributed by atoms with Gasteiger partial charge in [0.2, 0.25) is 0 Å². The number of nitrogens with zero attached hydrogens (tertiary/aromatic N) is 1. The molecule has 0 fully saturated rings. The van der Waals surface area contributed by atoms with E-state index < -0.39 is 0 Å². The molecule has 1 nitrogen and oxygen atoms in total. The Morgan fingerprint density at radius 2 is 2.12 bits per heavy atom. The summed E-state index contributed by atoms with van der Waals surface area (Å²) < 4.78 is 0. The van der Waals surface area contributed by atoms with E-state index in [4.69, 9.17) is 0 Å². The predicted octanol–water partition coefficient (Wildman–Crippen LogP) is 1.61. The van der Waals surface area contributed by atoms with E-state index in [1.807, 2.05) is 0 Å². The lowest BCUT2D eigenvalue weighted by Gasteiger charge is -2.10. The van der Waals surface area contributed by atoms with Crippen molar-refractivity contribution in [3.63, 3.8) is 0 Å². The highest BCUT2D eigenvalue weighted by atomic mass is 32.1. The minimum Gasteiger partial charge on any atom is -0.297 e. The first-order chi connectivity index (χ1) is 3.81. The van der Waals surface area contributed by atoms with E-state index in [2.05, 4.69) is 31.5 Å². The van der Waals surface area contributed by atoms with Gasteiger partial charge in [0.15, 0.2) is 0 Å². The Morgan fingerprint density at radius 3 is 2.50 bits per heavy atom. The average Bonchev–Trinajstić information content (AvgIpc) is 1.83. The molecule has 0 aliphatic heterocycles. The Morgan fingerprint density at radius 1 is 1.50 bits per heavy atom. The Balaban J connectivity index is 2.86. The Labute approximate surface area is 57.5 Å². The highest BCUT2D eigenvalue weighted by Crippen LogP contribution is 1.91. The second-order valence-electron chi connectivity index (χ2n) is 2.07. The molecule has 8 heavy (non-hydrogen) atoms. The number of hydrogen-bond acceptors (Lipinski definition) is 2. The molecule has 0 N–H and O–H groups in total. The van der Waals surface area contributed by atoms with Crippen molar-refractivity contribution >= 4 is 12.6 Å². The summed E-state index contributed by atoms with van der Waals surface area (Å²) in [5.41, 5.74) is 0. The highest BCUT2D eigenvalue weighted by molar-refractivity contribution is 7.80. The molecule has 0 spiro atoms. The van der Waals surface area contributed by atoms with E-state index >= 15 is 0 Å². The number of thiol groups is 1. The number of hydrogen-bond donors (Lipinski definition) is 1. The fourth-order valence-electron chi connectivity index (χ4n) is 0.499. The van der Waals surface area contributed by atoms with Crippen LogP contribution in [0.4, 0.5) is 0 Å². The third-order valence-electron chi connectivity index (χ3n) is 1.13. The van der Waals surface area contributed by atoms with Crippen LogP contribution >= 0.6 is 12.6 Å². The average molecular weight is 133 g/mol. The molecular weight excluding hydrogens is 118 g/mol. The van der Waals surface area contributed by atoms with Crippen LogP contribution in [-0.4, -0.2) is 24.4 Å². The third-order valence-corrected chi connectivity index (χ3v) is 1.62. The zero-order valence-corrected chi connectivity index (χ0v) is 6.62. The molecule has 0 aromatic heterocycles. The van der Waals surface area contributed by atoms with Crippen LogP contribution < -0.4 is 0 Å². The van der Waals surface area contributed by atoms with Crippen LogP contribution in [0.2, 0.25) is 0 Å². The molecular formula is C6H15NS. The van der Waals surface area contributed by atoms with Crippen LogP contribution in [0.1, 0.15) is 19.8 Å². The molecule has 0 atom stereocenters. The summed E-state index contributed by atoms with van der Waals surface area (Å²) in [6.07, 6.45) is 2.56. The van der Waals surface area contributed by atoms with Gasteiger partial charge in [0.25, 0.3) is 0 Å². The summed E-state index contributed by atoms with van der Waals surface area (Å²) in [4.78, 5) is 2.20. The summed E-state index contributed by atoms with van der Waals surface area (Å²) >= 11 is 4.11. The van der Waals surface area contributed by atoms with Crippen molar-refractivity contribution < 1.29 is 0 Å². The fourth-order valence-corrected chi connectivity index (χ4v) is 0.640. The van der Waals surface area contributed by atoms with Gasteiger partial charge in [-0.3, -0.25) is 4.90 Å². The van der Waals surface area contributed by atoms with Crippen molar-refractivity contribution in [3.8, 4) is 0 Å². The van der Waals surface area contributed by atoms with Crippen molar-refractivity contribution in [3.05, 3.63) is 0 Å². The molecule has 0 saturated carbocycles. The lowest BCUT2D eigenvalue weighted by atomic mass is 10.3. The van der Waals surface area contributed by atoms with Gasteiger partial charge in [-0.15, -0.1) is 0 Å². The van der Waals surface area contributed by atoms with Gasteiger partial charge in [0, 0.05) is 5.88 Å². The van der Waals surface area contributed by atoms with E-state index in [0.717, 1.165) is 5.88 Å². The monoisotopic (exact) mass is 133 g/mol. The van der Waals surface area contributed by atoms with Gasteiger partial charge in [-0.2, -0.15) is 12.6 Å². The maximum Gasteiger partial charge on any atom is 0.0411 e. The van der Waals surface area contributed by atoms with Gasteiger partial charge >= 0.3 is 0 Å². The second kappa shape index (κ2) is 5.45. The van der Waals surface area contributed by atoms with Crippen molar-refractivity contribution in [1.82, 2.24) is 4.90 Å². The highest BCUT2D eigenvalue weighted by Gasteiger charge is 1.89. The molecule has 0 heterocycles. The molecule has 0 radical (unpaired) electrons. The zero-order valence-electron chi connectivity index (χ0n) is 5.72. The van der Waals surface area contributed by atoms with Crippen molar-refractivity contribution in [1.29, 1.82) is 0 Å². The van der Waals surface area contributed by atoms with Crippen LogP contribution in [-0.2, 0) is 0 Å². The topological polar surface area (TPSA) is 3.24 Å². The van der Waals surface area contributed by atoms with Crippen LogP contribution in [0.25, 0.3) is 0 Å². The zero-order chi connectivity index (χ0) is 6.41. The SMILES string of the molecule is CCCCN(C)CS. The fraction of sp³-hybridized carbons (Fsp3) is 1.00. The first kappa shape index (κ1) is 8.31. The van der Waals surface area contributed by atoms with E-state index in [1.54, 1.807) is 0 Å². The number of unbranched alkanes of at least 4 members (excludes halogenated alkanes) is 1. The minimum atomic E-state index is 0.875. The Kier molecular flexibility index (Phi) is 5.66. The van der Waals surface area contributed by atoms with Crippen molar-refractivity contribution in [2.75, 3.05) is 19.5 Å². The quantitative estimate of drug-likeness (QED) is 0.450. The molecule has 0 amide bonds. The lowest BCUT2D eigenvalue weighted by Crippen LogP contribution is -2.16. The maximum absolute atomic E-state index is 4.11. The summed E-state index contributed by atoms with van der Waals surface area (Å²) in [5, 5.41) is 0. The lowest BCUT2D eigenvalue weighted by molar-refractivity contribution is 0.384. The third kappa shape index (κ3) is 4.47. The first-order valence-electron chi connectivity index (χ1n) is 3.10. The molecule has 0 aromatic rings. The number of rotatable bonds is 4. The summed E-state index contributed by atoms with van der Waals surface area (Å²) in [5.74, 6) is 0.875. The summed E-state index contributed by atoms with van der Waals surface area (Å²) in [7, 11) is 2.09.